The first-order chi connectivity index (χ1) is 4.77. The third kappa shape index (κ3) is 1.40. The Hall–Kier alpha value is -0.310. The molecule has 1 N–H and O–H groups in total. The second kappa shape index (κ2) is 3.19. The highest BCUT2D eigenvalue weighted by Crippen LogP contribution is 2.11. The molecule has 1 rings (SSSR count). The average Bonchev–Trinajstić information content (AvgIpc) is 2.30. The van der Waals surface area contributed by atoms with E-state index in [0.29, 0.717) is 0 Å². The van der Waals surface area contributed by atoms with Crippen LogP contribution in [0.15, 0.2) is 4.73 Å². The summed E-state index contributed by atoms with van der Waals surface area (Å²) in [6, 6.07) is 0. The number of imidazole rings is 1. The van der Waals surface area contributed by atoms with E-state index >= 15 is 0 Å². The second-order valence-corrected chi connectivity index (χ2v) is 2.91. The summed E-state index contributed by atoms with van der Waals surface area (Å²) in [6.07, 6.45) is 2.03. The summed E-state index contributed by atoms with van der Waals surface area (Å²) in [4.78, 5) is 7.41. The molecule has 1 aromatic heterocycles. The topological polar surface area (TPSA) is 28.7 Å². The molecule has 56 valence electrons. The van der Waals surface area contributed by atoms with Gasteiger partial charge in [0.15, 0.2) is 4.73 Å². The van der Waals surface area contributed by atoms with Gasteiger partial charge < -0.3 is 4.98 Å². The third-order valence-electron chi connectivity index (χ3n) is 1.52. The van der Waals surface area contributed by atoms with Crippen LogP contribution >= 0.6 is 15.9 Å². The van der Waals surface area contributed by atoms with Gasteiger partial charge in [-0.3, -0.25) is 0 Å². The van der Waals surface area contributed by atoms with Crippen LogP contribution in [0.25, 0.3) is 0 Å². The van der Waals surface area contributed by atoms with Gasteiger partial charge in [0, 0.05) is 5.69 Å². The molecule has 0 fully saturated rings. The van der Waals surface area contributed by atoms with Gasteiger partial charge in [-0.25, -0.2) is 4.98 Å². The quantitative estimate of drug-likeness (QED) is 0.784. The molecular weight excluding hydrogens is 192 g/mol. The van der Waals surface area contributed by atoms with Crippen LogP contribution < -0.4 is 0 Å². The molecule has 1 aromatic rings. The third-order valence-corrected chi connectivity index (χ3v) is 1.90. The van der Waals surface area contributed by atoms with Crippen LogP contribution in [0.4, 0.5) is 0 Å². The Bertz CT molecular complexity index is 196. The second-order valence-electron chi connectivity index (χ2n) is 2.16. The number of H-pyrrole nitrogens is 1. The zero-order chi connectivity index (χ0) is 7.56. The molecule has 0 saturated heterocycles. The van der Waals surface area contributed by atoms with Gasteiger partial charge in [-0.05, 0) is 28.8 Å². The van der Waals surface area contributed by atoms with Crippen LogP contribution in [0.1, 0.15) is 25.2 Å². The molecule has 3 heteroatoms. The summed E-state index contributed by atoms with van der Waals surface area (Å²) < 4.78 is 0.848. The first kappa shape index (κ1) is 7.79. The minimum atomic E-state index is 0.848. The number of nitrogens with zero attached hydrogens (tertiary/aromatic N) is 1. The van der Waals surface area contributed by atoms with Crippen molar-refractivity contribution in [1.29, 1.82) is 0 Å². The summed E-state index contributed by atoms with van der Waals surface area (Å²) in [5, 5.41) is 0. The largest absolute Gasteiger partial charge is 0.336 e. The Morgan fingerprint density at radius 1 is 1.40 bits per heavy atom. The Kier molecular flexibility index (Phi) is 2.49. The number of rotatable bonds is 2. The van der Waals surface area contributed by atoms with Gasteiger partial charge in [0.05, 0.1) is 5.69 Å². The highest BCUT2D eigenvalue weighted by atomic mass is 79.9. The average molecular weight is 203 g/mol. The standard InChI is InChI=1S/C7H11BrN2/c1-3-5-6(4-2)10-7(8)9-5/h3-4H2,1-2H3,(H,9,10). The van der Waals surface area contributed by atoms with Crippen molar-refractivity contribution in [3.8, 4) is 0 Å². The first-order valence-electron chi connectivity index (χ1n) is 3.51. The van der Waals surface area contributed by atoms with Crippen molar-refractivity contribution in [3.05, 3.63) is 16.1 Å². The number of aryl methyl sites for hydroxylation is 2. The molecule has 0 aliphatic heterocycles. The Morgan fingerprint density at radius 3 is 2.50 bits per heavy atom. The SMILES string of the molecule is CCc1nc(Br)[nH]c1CC. The van der Waals surface area contributed by atoms with Crippen molar-refractivity contribution in [1.82, 2.24) is 9.97 Å². The zero-order valence-electron chi connectivity index (χ0n) is 6.24. The number of hydrogen-bond donors (Lipinski definition) is 1. The Labute approximate surface area is 69.2 Å². The fourth-order valence-electron chi connectivity index (χ4n) is 0.995. The van der Waals surface area contributed by atoms with Gasteiger partial charge in [0.1, 0.15) is 0 Å². The van der Waals surface area contributed by atoms with Gasteiger partial charge in [-0.2, -0.15) is 0 Å². The summed E-state index contributed by atoms with van der Waals surface area (Å²) in [6.45, 7) is 4.24. The maximum Gasteiger partial charge on any atom is 0.174 e. The smallest absolute Gasteiger partial charge is 0.174 e. The minimum Gasteiger partial charge on any atom is -0.336 e. The Morgan fingerprint density at radius 2 is 2.10 bits per heavy atom. The highest BCUT2D eigenvalue weighted by Gasteiger charge is 2.02. The van der Waals surface area contributed by atoms with E-state index < -0.39 is 0 Å². The fraction of sp³-hybridized carbons (Fsp3) is 0.571. The molecule has 0 amide bonds. The number of nitrogens with one attached hydrogen (secondary N) is 1. The number of hydrogen-bond acceptors (Lipinski definition) is 1. The molecule has 0 atom stereocenters. The maximum atomic E-state index is 4.26. The predicted octanol–water partition coefficient (Wildman–Crippen LogP) is 2.30. The number of aromatic nitrogens is 2. The first-order valence-corrected chi connectivity index (χ1v) is 4.30. The van der Waals surface area contributed by atoms with Gasteiger partial charge in [-0.1, -0.05) is 13.8 Å². The van der Waals surface area contributed by atoms with Gasteiger partial charge in [0.2, 0.25) is 0 Å². The lowest BCUT2D eigenvalue weighted by Crippen LogP contribution is -1.87. The lowest BCUT2D eigenvalue weighted by Gasteiger charge is -1.91. The maximum absolute atomic E-state index is 4.26. The van der Waals surface area contributed by atoms with Gasteiger partial charge in [-0.15, -0.1) is 0 Å². The number of aromatic amines is 1. The van der Waals surface area contributed by atoms with Gasteiger partial charge >= 0.3 is 0 Å². The van der Waals surface area contributed by atoms with Crippen molar-refractivity contribution < 1.29 is 0 Å². The lowest BCUT2D eigenvalue weighted by molar-refractivity contribution is 0.979. The van der Waals surface area contributed by atoms with Gasteiger partial charge in [0.25, 0.3) is 0 Å². The molecule has 0 aromatic carbocycles. The Balaban J connectivity index is 2.96. The molecule has 0 saturated carbocycles. The minimum absolute atomic E-state index is 0.848. The molecule has 0 aliphatic rings. The molecule has 0 aliphatic carbocycles. The zero-order valence-corrected chi connectivity index (χ0v) is 7.83. The molecule has 0 spiro atoms. The lowest BCUT2D eigenvalue weighted by atomic mass is 10.2. The highest BCUT2D eigenvalue weighted by molar-refractivity contribution is 9.10. The van der Waals surface area contributed by atoms with E-state index in [1.165, 1.54) is 11.4 Å². The van der Waals surface area contributed by atoms with Crippen molar-refractivity contribution in [2.75, 3.05) is 0 Å². The van der Waals surface area contributed by atoms with E-state index in [4.69, 9.17) is 0 Å². The van der Waals surface area contributed by atoms with Crippen LogP contribution in [0.5, 0.6) is 0 Å². The summed E-state index contributed by atoms with van der Waals surface area (Å²) >= 11 is 3.30. The molecule has 0 unspecified atom stereocenters. The molecule has 0 radical (unpaired) electrons. The van der Waals surface area contributed by atoms with E-state index in [1.807, 2.05) is 0 Å². The summed E-state index contributed by atoms with van der Waals surface area (Å²) in [5.41, 5.74) is 2.42. The van der Waals surface area contributed by atoms with Crippen molar-refractivity contribution in [2.45, 2.75) is 26.7 Å². The molecular formula is C7H11BrN2. The van der Waals surface area contributed by atoms with Crippen molar-refractivity contribution in [3.63, 3.8) is 0 Å². The van der Waals surface area contributed by atoms with E-state index in [9.17, 15) is 0 Å². The predicted molar refractivity (Wildman–Crippen MR) is 45.0 cm³/mol. The van der Waals surface area contributed by atoms with Crippen molar-refractivity contribution in [2.24, 2.45) is 0 Å². The molecule has 10 heavy (non-hydrogen) atoms. The summed E-state index contributed by atoms with van der Waals surface area (Å²) in [7, 11) is 0. The van der Waals surface area contributed by atoms with Crippen LogP contribution in [0.2, 0.25) is 0 Å². The normalized spacial score (nSPS) is 10.3. The monoisotopic (exact) mass is 202 g/mol. The van der Waals surface area contributed by atoms with E-state index in [1.54, 1.807) is 0 Å². The van der Waals surface area contributed by atoms with Crippen molar-refractivity contribution >= 4 is 15.9 Å². The van der Waals surface area contributed by atoms with E-state index in [-0.39, 0.29) is 0 Å². The molecule has 0 bridgehead atoms. The summed E-state index contributed by atoms with van der Waals surface area (Å²) in [5.74, 6) is 0. The van der Waals surface area contributed by atoms with E-state index in [2.05, 4.69) is 39.7 Å². The molecule has 2 nitrogen and oxygen atoms in total. The van der Waals surface area contributed by atoms with Crippen LogP contribution in [-0.4, -0.2) is 9.97 Å². The van der Waals surface area contributed by atoms with Crippen LogP contribution in [0, 0.1) is 0 Å². The van der Waals surface area contributed by atoms with Crippen LogP contribution in [0.3, 0.4) is 0 Å². The van der Waals surface area contributed by atoms with E-state index in [0.717, 1.165) is 17.6 Å². The fourth-order valence-corrected chi connectivity index (χ4v) is 1.45. The molecule has 1 heterocycles. The number of halogens is 1. The van der Waals surface area contributed by atoms with Crippen LogP contribution in [-0.2, 0) is 12.8 Å².